The van der Waals surface area contributed by atoms with Gasteiger partial charge in [0.05, 0.1) is 18.8 Å². The van der Waals surface area contributed by atoms with Crippen molar-refractivity contribution in [1.29, 1.82) is 0 Å². The Morgan fingerprint density at radius 2 is 2.06 bits per heavy atom. The van der Waals surface area contributed by atoms with Crippen molar-refractivity contribution >= 4 is 0 Å². The fraction of sp³-hybridized carbons (Fsp3) is 1.00. The minimum Gasteiger partial charge on any atom is -0.381 e. The van der Waals surface area contributed by atoms with Gasteiger partial charge in [0.2, 0.25) is 0 Å². The summed E-state index contributed by atoms with van der Waals surface area (Å²) in [5, 5.41) is 3.31. The summed E-state index contributed by atoms with van der Waals surface area (Å²) in [5.41, 5.74) is 0.101. The first-order chi connectivity index (χ1) is 8.24. The van der Waals surface area contributed by atoms with E-state index in [2.05, 4.69) is 12.2 Å². The SMILES string of the molecule is CNCC1(OCC2CCOC2)CCC(C)CC1. The van der Waals surface area contributed by atoms with Crippen molar-refractivity contribution in [3.8, 4) is 0 Å². The molecule has 1 unspecified atom stereocenters. The van der Waals surface area contributed by atoms with Crippen LogP contribution in [0, 0.1) is 11.8 Å². The van der Waals surface area contributed by atoms with Crippen molar-refractivity contribution < 1.29 is 9.47 Å². The highest BCUT2D eigenvalue weighted by atomic mass is 16.5. The van der Waals surface area contributed by atoms with E-state index in [4.69, 9.17) is 9.47 Å². The molecule has 0 spiro atoms. The van der Waals surface area contributed by atoms with Gasteiger partial charge in [-0.25, -0.2) is 0 Å². The van der Waals surface area contributed by atoms with Gasteiger partial charge in [0.1, 0.15) is 0 Å². The van der Waals surface area contributed by atoms with Crippen LogP contribution in [-0.4, -0.2) is 39.0 Å². The normalized spacial score (nSPS) is 38.5. The summed E-state index contributed by atoms with van der Waals surface area (Å²) < 4.78 is 11.7. The highest BCUT2D eigenvalue weighted by Crippen LogP contribution is 2.35. The molecule has 1 saturated carbocycles. The predicted octanol–water partition coefficient (Wildman–Crippen LogP) is 2.21. The topological polar surface area (TPSA) is 30.5 Å². The van der Waals surface area contributed by atoms with Gasteiger partial charge in [-0.3, -0.25) is 0 Å². The standard InChI is InChI=1S/C14H27NO2/c1-12-3-6-14(7-4-12,11-15-2)17-10-13-5-8-16-9-13/h12-13,15H,3-11H2,1-2H3. The first-order valence-electron chi connectivity index (χ1n) is 7.10. The lowest BCUT2D eigenvalue weighted by molar-refractivity contribution is -0.0869. The van der Waals surface area contributed by atoms with Crippen LogP contribution in [0.5, 0.6) is 0 Å². The zero-order valence-electron chi connectivity index (χ0n) is 11.3. The van der Waals surface area contributed by atoms with Gasteiger partial charge in [-0.05, 0) is 45.1 Å². The van der Waals surface area contributed by atoms with Crippen molar-refractivity contribution in [1.82, 2.24) is 5.32 Å². The van der Waals surface area contributed by atoms with E-state index in [0.717, 1.165) is 32.3 Å². The number of nitrogens with one attached hydrogen (secondary N) is 1. The zero-order valence-corrected chi connectivity index (χ0v) is 11.3. The second-order valence-corrected chi connectivity index (χ2v) is 5.94. The second kappa shape index (κ2) is 6.17. The van der Waals surface area contributed by atoms with Crippen LogP contribution in [0.4, 0.5) is 0 Å². The molecule has 0 aromatic heterocycles. The van der Waals surface area contributed by atoms with Gasteiger partial charge >= 0.3 is 0 Å². The van der Waals surface area contributed by atoms with Crippen LogP contribution in [0.15, 0.2) is 0 Å². The lowest BCUT2D eigenvalue weighted by Crippen LogP contribution is -2.45. The molecule has 2 fully saturated rings. The molecule has 1 atom stereocenters. The molecule has 2 aliphatic rings. The maximum Gasteiger partial charge on any atom is 0.0806 e. The lowest BCUT2D eigenvalue weighted by atomic mass is 9.79. The molecule has 3 nitrogen and oxygen atoms in total. The van der Waals surface area contributed by atoms with E-state index >= 15 is 0 Å². The minimum atomic E-state index is 0.101. The molecule has 0 radical (unpaired) electrons. The Morgan fingerprint density at radius 1 is 1.29 bits per heavy atom. The molecule has 1 heterocycles. The van der Waals surface area contributed by atoms with E-state index in [-0.39, 0.29) is 5.60 Å². The van der Waals surface area contributed by atoms with Crippen LogP contribution in [0.2, 0.25) is 0 Å². The van der Waals surface area contributed by atoms with E-state index in [1.54, 1.807) is 0 Å². The molecular weight excluding hydrogens is 214 g/mol. The van der Waals surface area contributed by atoms with Crippen LogP contribution in [0.1, 0.15) is 39.0 Å². The third kappa shape index (κ3) is 3.67. The minimum absolute atomic E-state index is 0.101. The number of hydrogen-bond donors (Lipinski definition) is 1. The third-order valence-corrected chi connectivity index (χ3v) is 4.33. The van der Waals surface area contributed by atoms with E-state index in [1.165, 1.54) is 32.1 Å². The maximum absolute atomic E-state index is 6.30. The molecule has 3 heteroatoms. The molecule has 1 saturated heterocycles. The third-order valence-electron chi connectivity index (χ3n) is 4.33. The Hall–Kier alpha value is -0.120. The Balaban J connectivity index is 1.82. The van der Waals surface area contributed by atoms with Crippen LogP contribution in [0.3, 0.4) is 0 Å². The molecular formula is C14H27NO2. The fourth-order valence-corrected chi connectivity index (χ4v) is 2.99. The average molecular weight is 241 g/mol. The first-order valence-corrected chi connectivity index (χ1v) is 7.10. The van der Waals surface area contributed by atoms with Crippen molar-refractivity contribution in [2.24, 2.45) is 11.8 Å². The van der Waals surface area contributed by atoms with Crippen molar-refractivity contribution in [3.05, 3.63) is 0 Å². The van der Waals surface area contributed by atoms with E-state index < -0.39 is 0 Å². The van der Waals surface area contributed by atoms with Gasteiger partial charge in [0, 0.05) is 19.1 Å². The predicted molar refractivity (Wildman–Crippen MR) is 69.2 cm³/mol. The Bertz CT molecular complexity index is 218. The molecule has 2 rings (SSSR count). The molecule has 0 aromatic rings. The Morgan fingerprint density at radius 3 is 2.65 bits per heavy atom. The molecule has 100 valence electrons. The van der Waals surface area contributed by atoms with Gasteiger partial charge in [-0.1, -0.05) is 6.92 Å². The summed E-state index contributed by atoms with van der Waals surface area (Å²) >= 11 is 0. The van der Waals surface area contributed by atoms with Crippen LogP contribution < -0.4 is 5.32 Å². The van der Waals surface area contributed by atoms with Crippen LogP contribution >= 0.6 is 0 Å². The monoisotopic (exact) mass is 241 g/mol. The van der Waals surface area contributed by atoms with Gasteiger partial charge in [-0.15, -0.1) is 0 Å². The summed E-state index contributed by atoms with van der Waals surface area (Å²) in [7, 11) is 2.03. The molecule has 1 aliphatic carbocycles. The smallest absolute Gasteiger partial charge is 0.0806 e. The van der Waals surface area contributed by atoms with E-state index in [0.29, 0.717) is 5.92 Å². The molecule has 17 heavy (non-hydrogen) atoms. The molecule has 1 aliphatic heterocycles. The first kappa shape index (κ1) is 13.3. The number of hydrogen-bond acceptors (Lipinski definition) is 3. The van der Waals surface area contributed by atoms with Gasteiger partial charge < -0.3 is 14.8 Å². The van der Waals surface area contributed by atoms with E-state index in [9.17, 15) is 0 Å². The van der Waals surface area contributed by atoms with Gasteiger partial charge in [0.15, 0.2) is 0 Å². The Labute approximate surface area is 105 Å². The fourth-order valence-electron chi connectivity index (χ4n) is 2.99. The van der Waals surface area contributed by atoms with Crippen molar-refractivity contribution in [2.75, 3.05) is 33.4 Å². The van der Waals surface area contributed by atoms with Crippen LogP contribution in [-0.2, 0) is 9.47 Å². The number of ether oxygens (including phenoxy) is 2. The highest BCUT2D eigenvalue weighted by molar-refractivity contribution is 4.88. The average Bonchev–Trinajstić information content (AvgIpc) is 2.84. The summed E-state index contributed by atoms with van der Waals surface area (Å²) in [6.45, 7) is 6.05. The summed E-state index contributed by atoms with van der Waals surface area (Å²) in [6, 6.07) is 0. The van der Waals surface area contributed by atoms with Crippen LogP contribution in [0.25, 0.3) is 0 Å². The summed E-state index contributed by atoms with van der Waals surface area (Å²) in [6.07, 6.45) is 6.21. The largest absolute Gasteiger partial charge is 0.381 e. The lowest BCUT2D eigenvalue weighted by Gasteiger charge is -2.40. The van der Waals surface area contributed by atoms with E-state index in [1.807, 2.05) is 7.05 Å². The number of likely N-dealkylation sites (N-methyl/N-ethyl adjacent to an activating group) is 1. The molecule has 1 N–H and O–H groups in total. The van der Waals surface area contributed by atoms with Crippen molar-refractivity contribution in [3.63, 3.8) is 0 Å². The quantitative estimate of drug-likeness (QED) is 0.800. The highest BCUT2D eigenvalue weighted by Gasteiger charge is 2.35. The summed E-state index contributed by atoms with van der Waals surface area (Å²) in [5.74, 6) is 1.50. The number of rotatable bonds is 5. The Kier molecular flexibility index (Phi) is 4.83. The zero-order chi connectivity index (χ0) is 12.1. The molecule has 0 aromatic carbocycles. The maximum atomic E-state index is 6.30. The second-order valence-electron chi connectivity index (χ2n) is 5.94. The van der Waals surface area contributed by atoms with Gasteiger partial charge in [0.25, 0.3) is 0 Å². The molecule has 0 amide bonds. The summed E-state index contributed by atoms with van der Waals surface area (Å²) in [4.78, 5) is 0. The van der Waals surface area contributed by atoms with Gasteiger partial charge in [-0.2, -0.15) is 0 Å². The van der Waals surface area contributed by atoms with Crippen molar-refractivity contribution in [2.45, 2.75) is 44.6 Å². The molecule has 0 bridgehead atoms.